The Labute approximate surface area is 107 Å². The van der Waals surface area contributed by atoms with Crippen LogP contribution in [0.25, 0.3) is 11.1 Å². The van der Waals surface area contributed by atoms with Gasteiger partial charge >= 0.3 is 0 Å². The summed E-state index contributed by atoms with van der Waals surface area (Å²) in [4.78, 5) is 0. The number of hydrogen-bond donors (Lipinski definition) is 2. The molecule has 3 nitrogen and oxygen atoms in total. The van der Waals surface area contributed by atoms with Crippen molar-refractivity contribution in [2.75, 3.05) is 5.73 Å². The fourth-order valence-corrected chi connectivity index (χ4v) is 2.10. The number of rotatable bonds is 1. The van der Waals surface area contributed by atoms with Crippen LogP contribution >= 0.6 is 27.5 Å². The molecule has 17 heavy (non-hydrogen) atoms. The molecule has 2 rings (SSSR count). The summed E-state index contributed by atoms with van der Waals surface area (Å²) in [5, 5.41) is 5.29. The molecule has 0 aliphatic carbocycles. The van der Waals surface area contributed by atoms with Crippen LogP contribution in [0.15, 0.2) is 10.7 Å². The van der Waals surface area contributed by atoms with Gasteiger partial charge in [-0.3, -0.25) is 5.10 Å². The molecular formula is C9H4BrClF3N3. The average Bonchev–Trinajstić information content (AvgIpc) is 2.71. The highest BCUT2D eigenvalue weighted by Crippen LogP contribution is 2.39. The van der Waals surface area contributed by atoms with E-state index in [1.807, 2.05) is 0 Å². The molecule has 1 aromatic heterocycles. The SMILES string of the molecule is Nc1[nH]ncc1-c1c(F)c(F)c(Br)c(F)c1Cl. The number of nitrogens with zero attached hydrogens (tertiary/aromatic N) is 1. The molecule has 2 aromatic rings. The summed E-state index contributed by atoms with van der Waals surface area (Å²) in [7, 11) is 0. The first-order valence-corrected chi connectivity index (χ1v) is 5.43. The molecule has 1 aromatic carbocycles. The lowest BCUT2D eigenvalue weighted by molar-refractivity contribution is 0.491. The largest absolute Gasteiger partial charge is 0.384 e. The van der Waals surface area contributed by atoms with Gasteiger partial charge in [-0.05, 0) is 15.9 Å². The Morgan fingerprint density at radius 2 is 1.88 bits per heavy atom. The predicted octanol–water partition coefficient (Wildman–Crippen LogP) is 3.49. The number of nitrogen functional groups attached to an aromatic ring is 1. The summed E-state index contributed by atoms with van der Waals surface area (Å²) in [5.41, 5.74) is 4.98. The molecule has 0 unspecified atom stereocenters. The number of aromatic amines is 1. The molecule has 1 heterocycles. The summed E-state index contributed by atoms with van der Waals surface area (Å²) in [6.45, 7) is 0. The van der Waals surface area contributed by atoms with Crippen LogP contribution in [0.1, 0.15) is 0 Å². The van der Waals surface area contributed by atoms with Gasteiger partial charge in [-0.1, -0.05) is 11.6 Å². The second kappa shape index (κ2) is 4.23. The monoisotopic (exact) mass is 325 g/mol. The minimum atomic E-state index is -1.37. The zero-order chi connectivity index (χ0) is 12.7. The van der Waals surface area contributed by atoms with Gasteiger partial charge in [-0.25, -0.2) is 13.2 Å². The van der Waals surface area contributed by atoms with E-state index in [1.54, 1.807) is 0 Å². The Balaban J connectivity index is 2.84. The lowest BCUT2D eigenvalue weighted by Gasteiger charge is -2.08. The third-order valence-corrected chi connectivity index (χ3v) is 3.20. The molecule has 0 saturated carbocycles. The highest BCUT2D eigenvalue weighted by Gasteiger charge is 2.25. The van der Waals surface area contributed by atoms with Crippen molar-refractivity contribution >= 4 is 33.3 Å². The lowest BCUT2D eigenvalue weighted by Crippen LogP contribution is -1.98. The lowest BCUT2D eigenvalue weighted by atomic mass is 10.1. The number of benzene rings is 1. The molecular weight excluding hydrogens is 322 g/mol. The van der Waals surface area contributed by atoms with Crippen LogP contribution in [0.2, 0.25) is 5.02 Å². The normalized spacial score (nSPS) is 10.9. The standard InChI is InChI=1S/C9H4BrClF3N3/c10-4-7(13)5(11)3(6(12)8(4)14)2-1-16-17-9(2)15/h1H,(H3,15,16,17). The van der Waals surface area contributed by atoms with E-state index in [9.17, 15) is 13.2 Å². The number of H-pyrrole nitrogens is 1. The summed E-state index contributed by atoms with van der Waals surface area (Å²) < 4.78 is 39.9. The number of nitrogens with one attached hydrogen (secondary N) is 1. The fraction of sp³-hybridized carbons (Fsp3) is 0. The van der Waals surface area contributed by atoms with Gasteiger partial charge in [0.2, 0.25) is 0 Å². The van der Waals surface area contributed by atoms with Crippen molar-refractivity contribution in [1.82, 2.24) is 10.2 Å². The van der Waals surface area contributed by atoms with E-state index in [2.05, 4.69) is 26.1 Å². The van der Waals surface area contributed by atoms with E-state index < -0.39 is 32.5 Å². The molecule has 0 radical (unpaired) electrons. The van der Waals surface area contributed by atoms with Crippen LogP contribution < -0.4 is 5.73 Å². The van der Waals surface area contributed by atoms with E-state index in [4.69, 9.17) is 17.3 Å². The van der Waals surface area contributed by atoms with E-state index in [0.717, 1.165) is 6.20 Å². The third-order valence-electron chi connectivity index (χ3n) is 2.15. The molecule has 0 fully saturated rings. The maximum absolute atomic E-state index is 13.7. The summed E-state index contributed by atoms with van der Waals surface area (Å²) in [6.07, 6.45) is 1.13. The van der Waals surface area contributed by atoms with Gasteiger partial charge in [0.1, 0.15) is 5.82 Å². The van der Waals surface area contributed by atoms with Crippen LogP contribution in [0.3, 0.4) is 0 Å². The quantitative estimate of drug-likeness (QED) is 0.622. The molecule has 0 spiro atoms. The van der Waals surface area contributed by atoms with Gasteiger partial charge in [0.15, 0.2) is 17.5 Å². The van der Waals surface area contributed by atoms with Gasteiger partial charge in [-0.2, -0.15) is 5.10 Å². The van der Waals surface area contributed by atoms with Gasteiger partial charge < -0.3 is 5.73 Å². The maximum atomic E-state index is 13.7. The van der Waals surface area contributed by atoms with Crippen LogP contribution in [0.5, 0.6) is 0 Å². The third kappa shape index (κ3) is 1.79. The molecule has 0 amide bonds. The molecule has 90 valence electrons. The molecule has 0 saturated heterocycles. The van der Waals surface area contributed by atoms with Crippen molar-refractivity contribution in [2.24, 2.45) is 0 Å². The van der Waals surface area contributed by atoms with Crippen molar-refractivity contribution in [3.63, 3.8) is 0 Å². The minimum absolute atomic E-state index is 0.00204. The fourth-order valence-electron chi connectivity index (χ4n) is 1.34. The Kier molecular flexibility index (Phi) is 3.05. The van der Waals surface area contributed by atoms with E-state index in [1.165, 1.54) is 0 Å². The number of anilines is 1. The highest BCUT2D eigenvalue weighted by molar-refractivity contribution is 9.10. The summed E-state index contributed by atoms with van der Waals surface area (Å²) in [5.74, 6) is -3.80. The summed E-state index contributed by atoms with van der Waals surface area (Å²) >= 11 is 8.20. The van der Waals surface area contributed by atoms with Gasteiger partial charge in [-0.15, -0.1) is 0 Å². The highest BCUT2D eigenvalue weighted by atomic mass is 79.9. The first kappa shape index (κ1) is 12.3. The molecule has 0 atom stereocenters. The molecule has 0 bridgehead atoms. The van der Waals surface area contributed by atoms with Crippen molar-refractivity contribution in [3.8, 4) is 11.1 Å². The van der Waals surface area contributed by atoms with Crippen molar-refractivity contribution in [3.05, 3.63) is 33.1 Å². The summed E-state index contributed by atoms with van der Waals surface area (Å²) in [6, 6.07) is 0. The maximum Gasteiger partial charge on any atom is 0.176 e. The molecule has 3 N–H and O–H groups in total. The second-order valence-electron chi connectivity index (χ2n) is 3.14. The van der Waals surface area contributed by atoms with Crippen LogP contribution in [0.4, 0.5) is 19.0 Å². The van der Waals surface area contributed by atoms with E-state index >= 15 is 0 Å². The Morgan fingerprint density at radius 3 is 2.41 bits per heavy atom. The zero-order valence-electron chi connectivity index (χ0n) is 7.99. The Bertz CT molecular complexity index is 570. The average molecular weight is 327 g/mol. The number of nitrogens with two attached hydrogens (primary N) is 1. The number of hydrogen-bond acceptors (Lipinski definition) is 2. The minimum Gasteiger partial charge on any atom is -0.384 e. The van der Waals surface area contributed by atoms with Gasteiger partial charge in [0.25, 0.3) is 0 Å². The zero-order valence-corrected chi connectivity index (χ0v) is 10.3. The first-order chi connectivity index (χ1) is 7.95. The Hall–Kier alpha value is -1.21. The van der Waals surface area contributed by atoms with E-state index in [-0.39, 0.29) is 11.4 Å². The smallest absolute Gasteiger partial charge is 0.176 e. The van der Waals surface area contributed by atoms with Crippen LogP contribution in [-0.4, -0.2) is 10.2 Å². The number of aromatic nitrogens is 2. The number of halogens is 5. The van der Waals surface area contributed by atoms with E-state index in [0.29, 0.717) is 0 Å². The molecule has 0 aliphatic rings. The second-order valence-corrected chi connectivity index (χ2v) is 4.31. The van der Waals surface area contributed by atoms with Crippen molar-refractivity contribution in [2.45, 2.75) is 0 Å². The Morgan fingerprint density at radius 1 is 1.24 bits per heavy atom. The molecule has 0 aliphatic heterocycles. The van der Waals surface area contributed by atoms with Crippen molar-refractivity contribution in [1.29, 1.82) is 0 Å². The van der Waals surface area contributed by atoms with Crippen LogP contribution in [-0.2, 0) is 0 Å². The van der Waals surface area contributed by atoms with Gasteiger partial charge in [0.05, 0.1) is 15.7 Å². The first-order valence-electron chi connectivity index (χ1n) is 4.25. The topological polar surface area (TPSA) is 54.7 Å². The molecule has 8 heteroatoms. The van der Waals surface area contributed by atoms with Crippen LogP contribution in [0, 0.1) is 17.5 Å². The van der Waals surface area contributed by atoms with Gasteiger partial charge in [0, 0.05) is 11.1 Å². The van der Waals surface area contributed by atoms with Crippen molar-refractivity contribution < 1.29 is 13.2 Å². The predicted molar refractivity (Wildman–Crippen MR) is 61.0 cm³/mol.